The number of hydrogen-bond acceptors (Lipinski definition) is 2. The minimum Gasteiger partial charge on any atom is -0.511 e. The molecule has 2 fully saturated rings. The minimum absolute atomic E-state index is 0.129. The second kappa shape index (κ2) is 6.83. The molecule has 25 heavy (non-hydrogen) atoms. The van der Waals surface area contributed by atoms with Crippen molar-refractivity contribution >= 4 is 36.3 Å². The molecule has 1 aromatic rings. The van der Waals surface area contributed by atoms with Crippen LogP contribution in [-0.4, -0.2) is 18.7 Å². The lowest BCUT2D eigenvalue weighted by Gasteiger charge is -2.40. The molecule has 2 radical (unpaired) electrons. The van der Waals surface area contributed by atoms with Crippen LogP contribution in [-0.2, 0) is 4.79 Å². The molecule has 0 saturated heterocycles. The second-order valence-electron chi connectivity index (χ2n) is 8.22. The number of aliphatic hydroxyl groups is 1. The first-order valence-corrected chi connectivity index (χ1v) is 9.61. The van der Waals surface area contributed by atoms with E-state index in [1.807, 2.05) is 6.92 Å². The van der Waals surface area contributed by atoms with E-state index >= 15 is 0 Å². The van der Waals surface area contributed by atoms with Crippen molar-refractivity contribution in [2.45, 2.75) is 59.3 Å². The van der Waals surface area contributed by atoms with Crippen molar-refractivity contribution in [1.82, 2.24) is 0 Å². The Bertz CT molecular complexity index is 740. The number of halogens is 1. The molecular formula is C21H26BClO2. The van der Waals surface area contributed by atoms with Crippen LogP contribution in [0.2, 0.25) is 5.02 Å². The summed E-state index contributed by atoms with van der Waals surface area (Å²) in [5.74, 6) is 1.57. The van der Waals surface area contributed by atoms with Gasteiger partial charge in [-0.3, -0.25) is 4.79 Å². The number of fused-ring (bicyclic) bond motifs is 1. The fraction of sp³-hybridized carbons (Fsp3) is 0.571. The van der Waals surface area contributed by atoms with Crippen molar-refractivity contribution in [3.05, 3.63) is 34.0 Å². The lowest BCUT2D eigenvalue weighted by Crippen LogP contribution is -2.32. The molecular weight excluding hydrogens is 330 g/mol. The average Bonchev–Trinajstić information content (AvgIpc) is 2.99. The van der Waals surface area contributed by atoms with E-state index in [1.165, 1.54) is 26.2 Å². The largest absolute Gasteiger partial charge is 0.511 e. The van der Waals surface area contributed by atoms with Gasteiger partial charge in [0.1, 0.15) is 13.6 Å². The van der Waals surface area contributed by atoms with Gasteiger partial charge in [-0.15, -0.1) is 0 Å². The van der Waals surface area contributed by atoms with E-state index in [2.05, 4.69) is 6.92 Å². The van der Waals surface area contributed by atoms with Gasteiger partial charge in [0.2, 0.25) is 0 Å². The van der Waals surface area contributed by atoms with Crippen molar-refractivity contribution in [3.8, 4) is 0 Å². The molecule has 0 aliphatic heterocycles. The molecule has 2 nitrogen and oxygen atoms in total. The van der Waals surface area contributed by atoms with Gasteiger partial charge in [-0.25, -0.2) is 0 Å². The molecule has 0 bridgehead atoms. The third-order valence-electron chi connectivity index (χ3n) is 6.37. The fourth-order valence-electron chi connectivity index (χ4n) is 4.92. The topological polar surface area (TPSA) is 37.3 Å². The monoisotopic (exact) mass is 356 g/mol. The quantitative estimate of drug-likeness (QED) is 0.475. The maximum absolute atomic E-state index is 12.5. The van der Waals surface area contributed by atoms with E-state index in [0.29, 0.717) is 27.5 Å². The first-order valence-electron chi connectivity index (χ1n) is 9.23. The normalized spacial score (nSPS) is 29.9. The van der Waals surface area contributed by atoms with E-state index in [0.717, 1.165) is 30.7 Å². The van der Waals surface area contributed by atoms with Crippen LogP contribution in [0.4, 0.5) is 0 Å². The van der Waals surface area contributed by atoms with Crippen LogP contribution in [0.1, 0.15) is 63.5 Å². The Morgan fingerprint density at radius 2 is 1.96 bits per heavy atom. The van der Waals surface area contributed by atoms with Crippen molar-refractivity contribution in [1.29, 1.82) is 0 Å². The lowest BCUT2D eigenvalue weighted by molar-refractivity contribution is -0.112. The Labute approximate surface area is 157 Å². The second-order valence-corrected chi connectivity index (χ2v) is 8.63. The molecule has 2 aliphatic rings. The van der Waals surface area contributed by atoms with Crippen molar-refractivity contribution in [3.63, 3.8) is 0 Å². The average molecular weight is 357 g/mol. The smallest absolute Gasteiger partial charge is 0.163 e. The fourth-order valence-corrected chi connectivity index (χ4v) is 5.08. The molecule has 2 saturated carbocycles. The number of allylic oxidation sites excluding steroid dienone is 2. The Morgan fingerprint density at radius 3 is 2.64 bits per heavy atom. The van der Waals surface area contributed by atoms with Gasteiger partial charge in [-0.1, -0.05) is 49.3 Å². The zero-order chi connectivity index (χ0) is 18.4. The zero-order valence-corrected chi connectivity index (χ0v) is 16.1. The van der Waals surface area contributed by atoms with Crippen LogP contribution in [0.25, 0.3) is 5.57 Å². The Hall–Kier alpha value is -1.22. The molecule has 1 N–H and O–H groups in total. The molecule has 3 atom stereocenters. The standard InChI is InChI=1S/C21H26BClO2/c1-12-9-17(22)18(23)10-16(12)19(13(2)24)20(25)21(3)8-7-14-5-4-6-15(14)11-21/h9-10,14-15,25H,4-8,11H2,1-3H3/b20-19-. The van der Waals surface area contributed by atoms with Gasteiger partial charge in [0.15, 0.2) is 5.78 Å². The molecule has 0 heterocycles. The highest BCUT2D eigenvalue weighted by Crippen LogP contribution is 2.53. The highest BCUT2D eigenvalue weighted by molar-refractivity contribution is 6.45. The SMILES string of the molecule is [B]c1cc(C)c(/C(C(C)=O)=C(\O)C2(C)CCC3CCCC3C2)cc1Cl. The molecule has 132 valence electrons. The number of aryl methyl sites for hydroxylation is 1. The van der Waals surface area contributed by atoms with Crippen LogP contribution >= 0.6 is 11.6 Å². The lowest BCUT2D eigenvalue weighted by atomic mass is 9.65. The summed E-state index contributed by atoms with van der Waals surface area (Å²) in [5, 5.41) is 11.6. The summed E-state index contributed by atoms with van der Waals surface area (Å²) in [4.78, 5) is 12.5. The van der Waals surface area contributed by atoms with E-state index in [4.69, 9.17) is 19.4 Å². The van der Waals surface area contributed by atoms with Crippen LogP contribution in [0, 0.1) is 24.2 Å². The summed E-state index contributed by atoms with van der Waals surface area (Å²) in [5.41, 5.74) is 2.10. The number of rotatable bonds is 3. The highest BCUT2D eigenvalue weighted by atomic mass is 35.5. The van der Waals surface area contributed by atoms with Gasteiger partial charge in [0, 0.05) is 10.4 Å². The van der Waals surface area contributed by atoms with Gasteiger partial charge in [0.25, 0.3) is 0 Å². The van der Waals surface area contributed by atoms with Crippen LogP contribution in [0.5, 0.6) is 0 Å². The number of benzene rings is 1. The molecule has 0 amide bonds. The van der Waals surface area contributed by atoms with Gasteiger partial charge in [-0.05, 0) is 62.1 Å². The first kappa shape index (κ1) is 18.6. The molecule has 4 heteroatoms. The zero-order valence-electron chi connectivity index (χ0n) is 15.4. The maximum Gasteiger partial charge on any atom is 0.163 e. The van der Waals surface area contributed by atoms with Gasteiger partial charge in [-0.2, -0.15) is 0 Å². The summed E-state index contributed by atoms with van der Waals surface area (Å²) in [7, 11) is 5.87. The highest BCUT2D eigenvalue weighted by Gasteiger charge is 2.43. The molecule has 3 unspecified atom stereocenters. The molecule has 1 aromatic carbocycles. The molecule has 0 spiro atoms. The maximum atomic E-state index is 12.5. The van der Waals surface area contributed by atoms with E-state index in [9.17, 15) is 9.90 Å². The van der Waals surface area contributed by atoms with E-state index < -0.39 is 0 Å². The third kappa shape index (κ3) is 3.40. The van der Waals surface area contributed by atoms with Crippen LogP contribution in [0.3, 0.4) is 0 Å². The summed E-state index contributed by atoms with van der Waals surface area (Å²) < 4.78 is 0. The van der Waals surface area contributed by atoms with E-state index in [-0.39, 0.29) is 17.0 Å². The van der Waals surface area contributed by atoms with Gasteiger partial charge >= 0.3 is 0 Å². The Balaban J connectivity index is 2.07. The number of carbonyl (C=O) groups is 1. The third-order valence-corrected chi connectivity index (χ3v) is 6.70. The van der Waals surface area contributed by atoms with Crippen molar-refractivity contribution in [2.75, 3.05) is 0 Å². The van der Waals surface area contributed by atoms with E-state index in [1.54, 1.807) is 12.1 Å². The van der Waals surface area contributed by atoms with Gasteiger partial charge < -0.3 is 5.11 Å². The Morgan fingerprint density at radius 1 is 1.28 bits per heavy atom. The number of ketones is 1. The Kier molecular flexibility index (Phi) is 5.08. The number of carbonyl (C=O) groups excluding carboxylic acids is 1. The summed E-state index contributed by atoms with van der Waals surface area (Å²) in [6, 6.07) is 3.48. The van der Waals surface area contributed by atoms with Crippen LogP contribution in [0.15, 0.2) is 17.9 Å². The van der Waals surface area contributed by atoms with Crippen molar-refractivity contribution < 1.29 is 9.90 Å². The summed E-state index contributed by atoms with van der Waals surface area (Å²) in [6.45, 7) is 5.52. The molecule has 0 aromatic heterocycles. The number of hydrogen-bond donors (Lipinski definition) is 1. The number of aliphatic hydroxyl groups excluding tert-OH is 1. The van der Waals surface area contributed by atoms with Crippen molar-refractivity contribution in [2.24, 2.45) is 17.3 Å². The summed E-state index contributed by atoms with van der Waals surface area (Å²) in [6.07, 6.45) is 6.88. The number of Topliss-reactive ketones (excluding diaryl/α,β-unsaturated/α-hetero) is 1. The minimum atomic E-state index is -0.340. The predicted octanol–water partition coefficient (Wildman–Crippen LogP) is 4.91. The first-order chi connectivity index (χ1) is 11.7. The summed E-state index contributed by atoms with van der Waals surface area (Å²) >= 11 is 6.19. The van der Waals surface area contributed by atoms with Gasteiger partial charge in [0.05, 0.1) is 5.57 Å². The molecule has 2 aliphatic carbocycles. The molecule has 3 rings (SSSR count). The van der Waals surface area contributed by atoms with Crippen LogP contribution < -0.4 is 5.46 Å². The predicted molar refractivity (Wildman–Crippen MR) is 105 cm³/mol.